The van der Waals surface area contributed by atoms with Gasteiger partial charge < -0.3 is 0 Å². The third-order valence-corrected chi connectivity index (χ3v) is 1.74. The number of nitrogens with zero attached hydrogens (tertiary/aromatic N) is 2. The maximum atomic E-state index is 5.71. The minimum absolute atomic E-state index is 0.968. The molecule has 12 heavy (non-hydrogen) atoms. The zero-order valence-electron chi connectivity index (χ0n) is 6.51. The maximum absolute atomic E-state index is 5.71. The van der Waals surface area contributed by atoms with Crippen molar-refractivity contribution in [1.29, 1.82) is 0 Å². The zero-order chi connectivity index (χ0) is 8.39. The predicted molar refractivity (Wildman–Crippen MR) is 49.8 cm³/mol. The molecule has 2 rings (SSSR count). The second-order valence-electron chi connectivity index (χ2n) is 2.54. The van der Waals surface area contributed by atoms with Crippen molar-refractivity contribution in [2.24, 2.45) is 10.8 Å². The molecule has 0 aromatic heterocycles. The van der Waals surface area contributed by atoms with Gasteiger partial charge in [0, 0.05) is 24.2 Å². The molecule has 1 aromatic rings. The van der Waals surface area contributed by atoms with Crippen LogP contribution in [0, 0.1) is 0 Å². The monoisotopic (exact) mass is 159 g/mol. The van der Waals surface area contributed by atoms with Crippen molar-refractivity contribution >= 4 is 11.9 Å². The van der Waals surface area contributed by atoms with Crippen molar-refractivity contribution in [3.05, 3.63) is 42.2 Å². The molecular weight excluding hydrogens is 150 g/mol. The highest BCUT2D eigenvalue weighted by Crippen LogP contribution is 2.17. The number of anilines is 1. The Morgan fingerprint density at radius 3 is 3.00 bits per heavy atom. The summed E-state index contributed by atoms with van der Waals surface area (Å²) in [4.78, 5) is 4.04. The third kappa shape index (κ3) is 1.10. The number of fused-ring (bicyclic) bond motifs is 1. The van der Waals surface area contributed by atoms with Crippen LogP contribution in [0.5, 0.6) is 0 Å². The molecule has 0 fully saturated rings. The summed E-state index contributed by atoms with van der Waals surface area (Å²) < 4.78 is 0. The van der Waals surface area contributed by atoms with Gasteiger partial charge in [0.2, 0.25) is 0 Å². The average Bonchev–Trinajstić information content (AvgIpc) is 2.29. The maximum Gasteiger partial charge on any atom is 0.0656 e. The number of hydrogen-bond donors (Lipinski definition) is 1. The molecule has 60 valence electrons. The number of para-hydroxylation sites is 1. The zero-order valence-corrected chi connectivity index (χ0v) is 6.51. The number of benzene rings is 1. The molecule has 3 heteroatoms. The van der Waals surface area contributed by atoms with Crippen LogP contribution >= 0.6 is 0 Å². The summed E-state index contributed by atoms with van der Waals surface area (Å²) in [6.45, 7) is 0. The first-order chi connectivity index (χ1) is 5.88. The van der Waals surface area contributed by atoms with E-state index in [4.69, 9.17) is 5.84 Å². The Balaban J connectivity index is 2.56. The lowest BCUT2D eigenvalue weighted by atomic mass is 10.2. The molecule has 1 aliphatic heterocycles. The average molecular weight is 159 g/mol. The molecular formula is C9H9N3. The van der Waals surface area contributed by atoms with Gasteiger partial charge in [-0.25, -0.2) is 5.84 Å². The number of hydrazine groups is 1. The first-order valence-corrected chi connectivity index (χ1v) is 3.71. The highest BCUT2D eigenvalue weighted by atomic mass is 15.4. The molecule has 0 radical (unpaired) electrons. The van der Waals surface area contributed by atoms with Gasteiger partial charge >= 0.3 is 0 Å². The van der Waals surface area contributed by atoms with Crippen LogP contribution in [0.2, 0.25) is 0 Å². The number of aliphatic imine (C=N–C) groups is 1. The van der Waals surface area contributed by atoms with Crippen LogP contribution in [0.1, 0.15) is 5.56 Å². The molecule has 1 heterocycles. The normalized spacial score (nSPS) is 14.2. The Morgan fingerprint density at radius 1 is 1.25 bits per heavy atom. The Hall–Kier alpha value is -1.61. The summed E-state index contributed by atoms with van der Waals surface area (Å²) in [7, 11) is 0. The van der Waals surface area contributed by atoms with Crippen molar-refractivity contribution < 1.29 is 0 Å². The summed E-state index contributed by atoms with van der Waals surface area (Å²) >= 11 is 0. The molecule has 0 atom stereocenters. The van der Waals surface area contributed by atoms with Gasteiger partial charge in [0.15, 0.2) is 0 Å². The molecule has 0 bridgehead atoms. The van der Waals surface area contributed by atoms with Crippen LogP contribution in [-0.2, 0) is 0 Å². The number of rotatable bonds is 0. The second kappa shape index (κ2) is 2.79. The molecule has 0 unspecified atom stereocenters. The molecule has 2 N–H and O–H groups in total. The minimum atomic E-state index is 0.968. The molecule has 0 saturated heterocycles. The Kier molecular flexibility index (Phi) is 1.64. The van der Waals surface area contributed by atoms with Gasteiger partial charge in [0.1, 0.15) is 0 Å². The first-order valence-electron chi connectivity index (χ1n) is 3.71. The molecule has 0 amide bonds. The Morgan fingerprint density at radius 2 is 2.08 bits per heavy atom. The molecule has 0 spiro atoms. The molecule has 0 aliphatic carbocycles. The quantitative estimate of drug-likeness (QED) is 0.579. The summed E-state index contributed by atoms with van der Waals surface area (Å²) in [6, 6.07) is 7.85. The highest BCUT2D eigenvalue weighted by molar-refractivity contribution is 5.89. The van der Waals surface area contributed by atoms with Gasteiger partial charge in [-0.2, -0.15) is 0 Å². The molecule has 3 nitrogen and oxygen atoms in total. The van der Waals surface area contributed by atoms with Gasteiger partial charge in [-0.1, -0.05) is 18.2 Å². The number of nitrogens with two attached hydrogens (primary N) is 1. The van der Waals surface area contributed by atoms with E-state index in [1.54, 1.807) is 23.6 Å². The standard InChI is InChI=1S/C9H9N3/c10-12-6-5-11-7-8-3-1-2-4-9(8)12/h1-7H,10H2. The number of hydrogen-bond acceptors (Lipinski definition) is 3. The van der Waals surface area contributed by atoms with E-state index in [-0.39, 0.29) is 0 Å². The fourth-order valence-electron chi connectivity index (χ4n) is 1.15. The van der Waals surface area contributed by atoms with Crippen molar-refractivity contribution in [2.45, 2.75) is 0 Å². The van der Waals surface area contributed by atoms with Crippen LogP contribution < -0.4 is 10.9 Å². The van der Waals surface area contributed by atoms with Gasteiger partial charge in [0.25, 0.3) is 0 Å². The fraction of sp³-hybridized carbons (Fsp3) is 0. The van der Waals surface area contributed by atoms with E-state index in [1.807, 2.05) is 24.3 Å². The van der Waals surface area contributed by atoms with Crippen molar-refractivity contribution in [3.63, 3.8) is 0 Å². The summed E-state index contributed by atoms with van der Waals surface area (Å²) in [5, 5.41) is 1.56. The van der Waals surface area contributed by atoms with Gasteiger partial charge in [-0.15, -0.1) is 0 Å². The molecule has 1 aromatic carbocycles. The van der Waals surface area contributed by atoms with Crippen LogP contribution in [0.4, 0.5) is 5.69 Å². The molecule has 0 saturated carbocycles. The minimum Gasteiger partial charge on any atom is -0.285 e. The predicted octanol–water partition coefficient (Wildman–Crippen LogP) is 1.27. The Bertz CT molecular complexity index is 341. The highest BCUT2D eigenvalue weighted by Gasteiger charge is 2.03. The largest absolute Gasteiger partial charge is 0.285 e. The smallest absolute Gasteiger partial charge is 0.0656 e. The van der Waals surface area contributed by atoms with Gasteiger partial charge in [-0.3, -0.25) is 10.0 Å². The second-order valence-corrected chi connectivity index (χ2v) is 2.54. The van der Waals surface area contributed by atoms with Crippen molar-refractivity contribution in [1.82, 2.24) is 0 Å². The van der Waals surface area contributed by atoms with E-state index >= 15 is 0 Å². The lowest BCUT2D eigenvalue weighted by molar-refractivity contribution is 1.08. The lowest BCUT2D eigenvalue weighted by Gasteiger charge is -2.13. The first kappa shape index (κ1) is 7.06. The lowest BCUT2D eigenvalue weighted by Crippen LogP contribution is -2.24. The van der Waals surface area contributed by atoms with E-state index in [0.717, 1.165) is 11.3 Å². The van der Waals surface area contributed by atoms with Gasteiger partial charge in [-0.05, 0) is 6.07 Å². The van der Waals surface area contributed by atoms with Gasteiger partial charge in [0.05, 0.1) is 5.69 Å². The van der Waals surface area contributed by atoms with Crippen LogP contribution in [-0.4, -0.2) is 6.21 Å². The fourth-order valence-corrected chi connectivity index (χ4v) is 1.15. The van der Waals surface area contributed by atoms with E-state index in [2.05, 4.69) is 4.99 Å². The SMILES string of the molecule is NN1C=CN=Cc2ccccc21. The summed E-state index contributed by atoms with van der Waals surface area (Å²) in [5.41, 5.74) is 2.00. The molecule has 1 aliphatic rings. The van der Waals surface area contributed by atoms with Crippen molar-refractivity contribution in [2.75, 3.05) is 5.01 Å². The van der Waals surface area contributed by atoms with E-state index < -0.39 is 0 Å². The Labute approximate surface area is 70.8 Å². The van der Waals surface area contributed by atoms with E-state index in [1.165, 1.54) is 0 Å². The third-order valence-electron chi connectivity index (χ3n) is 1.74. The van der Waals surface area contributed by atoms with E-state index in [0.29, 0.717) is 0 Å². The summed E-state index contributed by atoms with van der Waals surface area (Å²) in [6.07, 6.45) is 5.18. The van der Waals surface area contributed by atoms with Crippen LogP contribution in [0.25, 0.3) is 0 Å². The summed E-state index contributed by atoms with van der Waals surface area (Å²) in [5.74, 6) is 5.71. The van der Waals surface area contributed by atoms with Crippen LogP contribution in [0.15, 0.2) is 41.7 Å². The van der Waals surface area contributed by atoms with Crippen LogP contribution in [0.3, 0.4) is 0 Å². The van der Waals surface area contributed by atoms with Crippen molar-refractivity contribution in [3.8, 4) is 0 Å². The topological polar surface area (TPSA) is 41.6 Å². The van der Waals surface area contributed by atoms with E-state index in [9.17, 15) is 0 Å².